The summed E-state index contributed by atoms with van der Waals surface area (Å²) in [5.74, 6) is -2.48. The Hall–Kier alpha value is -6.00. The Morgan fingerprint density at radius 2 is 1.29 bits per heavy atom. The molecule has 10 heteroatoms. The minimum absolute atomic E-state index is 0.0861. The van der Waals surface area contributed by atoms with Crippen LogP contribution in [0.4, 0.5) is 0 Å². The molecule has 2 unspecified atom stereocenters. The lowest BCUT2D eigenvalue weighted by atomic mass is 9.80. The first-order chi connectivity index (χ1) is 23.8. The van der Waals surface area contributed by atoms with Gasteiger partial charge in [-0.3, -0.25) is 9.63 Å². The Bertz CT molecular complexity index is 2050. The molecule has 2 aromatic heterocycles. The van der Waals surface area contributed by atoms with E-state index < -0.39 is 17.8 Å². The number of phenols is 1. The van der Waals surface area contributed by atoms with Gasteiger partial charge in [0.05, 0.1) is 42.7 Å². The van der Waals surface area contributed by atoms with Crippen LogP contribution in [0.3, 0.4) is 0 Å². The topological polar surface area (TPSA) is 153 Å². The van der Waals surface area contributed by atoms with Crippen molar-refractivity contribution in [1.82, 2.24) is 25.4 Å². The summed E-state index contributed by atoms with van der Waals surface area (Å²) in [4.78, 5) is 44.3. The molecular weight excluding hydrogens is 618 g/mol. The van der Waals surface area contributed by atoms with E-state index in [1.165, 1.54) is 13.2 Å². The van der Waals surface area contributed by atoms with Gasteiger partial charge >= 0.3 is 5.97 Å². The molecule has 0 aliphatic carbocycles. The Kier molecular flexibility index (Phi) is 10.7. The SMILES string of the molecule is CC.CONC(=O)c1cccc(C(c2cnc[nH]2)c2cccc(-c3cccc(C(c4cccc(C(=O)O)c4)c4cnc[nH]4)c3C)c2C)c1O. The van der Waals surface area contributed by atoms with Gasteiger partial charge in [0.25, 0.3) is 5.91 Å². The number of aromatic nitrogens is 4. The quantitative estimate of drug-likeness (QED) is 0.0957. The predicted octanol–water partition coefficient (Wildman–Crippen LogP) is 7.50. The number of carboxylic acids is 1. The van der Waals surface area contributed by atoms with Crippen molar-refractivity contribution in [2.75, 3.05) is 7.11 Å². The van der Waals surface area contributed by atoms with E-state index in [-0.39, 0.29) is 22.8 Å². The first-order valence-corrected chi connectivity index (χ1v) is 15.9. The van der Waals surface area contributed by atoms with E-state index in [1.807, 2.05) is 45.0 Å². The Balaban J connectivity index is 0.00000230. The van der Waals surface area contributed by atoms with Gasteiger partial charge < -0.3 is 20.2 Å². The summed E-state index contributed by atoms with van der Waals surface area (Å²) in [6, 6.07) is 24.2. The lowest BCUT2D eigenvalue weighted by molar-refractivity contribution is 0.0534. The fourth-order valence-electron chi connectivity index (χ4n) is 6.37. The average molecular weight is 658 g/mol. The highest BCUT2D eigenvalue weighted by molar-refractivity contribution is 5.96. The van der Waals surface area contributed by atoms with E-state index in [1.54, 1.807) is 55.4 Å². The summed E-state index contributed by atoms with van der Waals surface area (Å²) in [5, 5.41) is 21.1. The molecule has 0 aliphatic rings. The summed E-state index contributed by atoms with van der Waals surface area (Å²) in [6.07, 6.45) is 6.68. The number of carbonyl (C=O) groups is 2. The molecule has 5 N–H and O–H groups in total. The number of H-pyrrole nitrogens is 2. The van der Waals surface area contributed by atoms with E-state index in [4.69, 9.17) is 4.84 Å². The monoisotopic (exact) mass is 657 g/mol. The Morgan fingerprint density at radius 1 is 0.755 bits per heavy atom. The van der Waals surface area contributed by atoms with Gasteiger partial charge in [-0.05, 0) is 71.0 Å². The van der Waals surface area contributed by atoms with Crippen molar-refractivity contribution in [2.45, 2.75) is 39.5 Å². The van der Waals surface area contributed by atoms with Crippen LogP contribution in [0, 0.1) is 13.8 Å². The Labute approximate surface area is 284 Å². The number of aromatic amines is 2. The van der Waals surface area contributed by atoms with Crippen LogP contribution in [0.25, 0.3) is 11.1 Å². The van der Waals surface area contributed by atoms with Gasteiger partial charge in [-0.15, -0.1) is 0 Å². The van der Waals surface area contributed by atoms with Crippen molar-refractivity contribution in [2.24, 2.45) is 0 Å². The number of amides is 1. The number of hydrogen-bond donors (Lipinski definition) is 5. The van der Waals surface area contributed by atoms with Crippen LogP contribution >= 0.6 is 0 Å². The number of imidazole rings is 2. The molecule has 10 nitrogen and oxygen atoms in total. The number of hydrogen-bond acceptors (Lipinski definition) is 6. The molecule has 2 atom stereocenters. The van der Waals surface area contributed by atoms with Crippen LogP contribution in [-0.4, -0.2) is 49.1 Å². The van der Waals surface area contributed by atoms with Crippen molar-refractivity contribution < 1.29 is 24.6 Å². The lowest BCUT2D eigenvalue weighted by Crippen LogP contribution is -2.22. The number of nitrogens with zero attached hydrogens (tertiary/aromatic N) is 2. The van der Waals surface area contributed by atoms with E-state index >= 15 is 0 Å². The summed E-state index contributed by atoms with van der Waals surface area (Å²) >= 11 is 0. The van der Waals surface area contributed by atoms with E-state index in [2.05, 4.69) is 50.5 Å². The Morgan fingerprint density at radius 3 is 1.84 bits per heavy atom. The van der Waals surface area contributed by atoms with Gasteiger partial charge in [0.1, 0.15) is 5.75 Å². The summed E-state index contributed by atoms with van der Waals surface area (Å²) in [7, 11) is 1.34. The molecule has 49 heavy (non-hydrogen) atoms. The second kappa shape index (κ2) is 15.3. The fraction of sp³-hybridized carbons (Fsp3) is 0.179. The van der Waals surface area contributed by atoms with Crippen LogP contribution in [-0.2, 0) is 4.84 Å². The normalized spacial score (nSPS) is 12.0. The number of aromatic hydroxyl groups is 1. The second-order valence-electron chi connectivity index (χ2n) is 11.2. The second-order valence-corrected chi connectivity index (χ2v) is 11.2. The third-order valence-corrected chi connectivity index (χ3v) is 8.61. The van der Waals surface area contributed by atoms with Crippen LogP contribution in [0.5, 0.6) is 5.75 Å². The largest absolute Gasteiger partial charge is 0.507 e. The van der Waals surface area contributed by atoms with Crippen molar-refractivity contribution in [3.63, 3.8) is 0 Å². The number of para-hydroxylation sites is 1. The van der Waals surface area contributed by atoms with E-state index in [9.17, 15) is 19.8 Å². The number of phenolic OH excluding ortho intramolecular Hbond substituents is 1. The van der Waals surface area contributed by atoms with Crippen LogP contribution in [0.1, 0.15) is 91.2 Å². The molecule has 6 aromatic rings. The zero-order valence-electron chi connectivity index (χ0n) is 28.0. The fourth-order valence-corrected chi connectivity index (χ4v) is 6.37. The average Bonchev–Trinajstić information content (AvgIpc) is 3.85. The highest BCUT2D eigenvalue weighted by atomic mass is 16.6. The maximum absolute atomic E-state index is 12.7. The third kappa shape index (κ3) is 6.86. The van der Waals surface area contributed by atoms with Crippen molar-refractivity contribution in [3.8, 4) is 16.9 Å². The molecule has 0 bridgehead atoms. The molecule has 0 fully saturated rings. The van der Waals surface area contributed by atoms with Gasteiger partial charge in [0.15, 0.2) is 0 Å². The summed E-state index contributed by atoms with van der Waals surface area (Å²) in [5.41, 5.74) is 11.4. The molecule has 0 saturated carbocycles. The highest BCUT2D eigenvalue weighted by Gasteiger charge is 2.28. The standard InChI is InChI=1S/C37H33N5O5.C2H6/c1-21-25(10-5-12-27(21)33(31-17-38-19-40-31)23-8-4-9-24(16-23)37(45)46)26-11-6-13-28(22(26)2)34(32-18-39-20-41-32)29-14-7-15-30(35(29)43)36(44)42-47-3;1-2/h4-20,33-34,43H,1-3H3,(H,38,40)(H,39,41)(H,42,44)(H,45,46);1-2H3. The van der Waals surface area contributed by atoms with Crippen LogP contribution in [0.15, 0.2) is 104 Å². The number of nitrogens with one attached hydrogen (secondary N) is 3. The maximum Gasteiger partial charge on any atom is 0.335 e. The molecule has 6 rings (SSSR count). The maximum atomic E-state index is 12.7. The zero-order valence-corrected chi connectivity index (χ0v) is 28.0. The van der Waals surface area contributed by atoms with Crippen molar-refractivity contribution in [3.05, 3.63) is 160 Å². The number of carbonyl (C=O) groups excluding carboxylic acids is 1. The van der Waals surface area contributed by atoms with E-state index in [0.29, 0.717) is 5.56 Å². The van der Waals surface area contributed by atoms with Gasteiger partial charge in [0, 0.05) is 29.3 Å². The van der Waals surface area contributed by atoms with Crippen LogP contribution in [0.2, 0.25) is 0 Å². The van der Waals surface area contributed by atoms with Crippen molar-refractivity contribution >= 4 is 11.9 Å². The lowest BCUT2D eigenvalue weighted by Gasteiger charge is -2.24. The number of hydroxylamine groups is 1. The van der Waals surface area contributed by atoms with Crippen molar-refractivity contribution in [1.29, 1.82) is 0 Å². The molecule has 2 heterocycles. The molecule has 0 aliphatic heterocycles. The molecule has 0 saturated heterocycles. The molecule has 0 radical (unpaired) electrons. The molecular formula is C39H39N5O5. The van der Waals surface area contributed by atoms with Crippen LogP contribution < -0.4 is 5.48 Å². The smallest absolute Gasteiger partial charge is 0.335 e. The molecule has 0 spiro atoms. The van der Waals surface area contributed by atoms with Gasteiger partial charge in [-0.2, -0.15) is 0 Å². The molecule has 250 valence electrons. The van der Waals surface area contributed by atoms with E-state index in [0.717, 1.165) is 50.3 Å². The third-order valence-electron chi connectivity index (χ3n) is 8.61. The summed E-state index contributed by atoms with van der Waals surface area (Å²) in [6.45, 7) is 8.11. The first-order valence-electron chi connectivity index (χ1n) is 15.9. The van der Waals surface area contributed by atoms with Gasteiger partial charge in [-0.25, -0.2) is 20.2 Å². The highest BCUT2D eigenvalue weighted by Crippen LogP contribution is 2.43. The molecule has 4 aromatic carbocycles. The minimum Gasteiger partial charge on any atom is -0.507 e. The number of carboxylic acid groups (broad SMARTS) is 1. The number of benzene rings is 4. The zero-order chi connectivity index (χ0) is 35.1. The molecule has 1 amide bonds. The predicted molar refractivity (Wildman–Crippen MR) is 188 cm³/mol. The number of aromatic carboxylic acids is 1. The van der Waals surface area contributed by atoms with Gasteiger partial charge in [-0.1, -0.05) is 74.5 Å². The summed E-state index contributed by atoms with van der Waals surface area (Å²) < 4.78 is 0. The number of rotatable bonds is 10. The minimum atomic E-state index is -0.990. The van der Waals surface area contributed by atoms with Gasteiger partial charge in [0.2, 0.25) is 0 Å². The first kappa shape index (κ1) is 34.3.